The van der Waals surface area contributed by atoms with Gasteiger partial charge in [-0.1, -0.05) is 32.4 Å². The molecule has 0 bridgehead atoms. The molecule has 3 heterocycles. The summed E-state index contributed by atoms with van der Waals surface area (Å²) in [6.07, 6.45) is 0. The van der Waals surface area contributed by atoms with E-state index < -0.39 is 0 Å². The number of aromatic nitrogens is 1. The highest BCUT2D eigenvalue weighted by atomic mass is 35.5. The van der Waals surface area contributed by atoms with Crippen molar-refractivity contribution < 1.29 is 4.79 Å². The van der Waals surface area contributed by atoms with Crippen molar-refractivity contribution in [1.82, 2.24) is 14.8 Å². The predicted molar refractivity (Wildman–Crippen MR) is 99.7 cm³/mol. The second-order valence-corrected chi connectivity index (χ2v) is 6.93. The number of aromatic amines is 1. The van der Waals surface area contributed by atoms with Crippen molar-refractivity contribution >= 4 is 28.4 Å². The predicted octanol–water partition coefficient (Wildman–Crippen LogP) is 3.87. The maximum atomic E-state index is 12.7. The number of fused-ring (bicyclic) bond motifs is 2. The van der Waals surface area contributed by atoms with Gasteiger partial charge < -0.3 is 14.8 Å². The number of hydrogen-bond acceptors (Lipinski definition) is 2. The molecule has 1 amide bonds. The van der Waals surface area contributed by atoms with Gasteiger partial charge in [-0.25, -0.2) is 0 Å². The van der Waals surface area contributed by atoms with Crippen molar-refractivity contribution in [1.29, 1.82) is 0 Å². The molecular weight excluding hydrogens is 322 g/mol. The summed E-state index contributed by atoms with van der Waals surface area (Å²) >= 11 is 6.01. The highest BCUT2D eigenvalue weighted by Gasteiger charge is 2.41. The first-order valence-electron chi connectivity index (χ1n) is 8.94. The molecule has 130 valence electrons. The molecule has 5 heteroatoms. The van der Waals surface area contributed by atoms with Gasteiger partial charge in [0.1, 0.15) is 5.69 Å². The summed E-state index contributed by atoms with van der Waals surface area (Å²) in [5, 5.41) is 1.69. The number of likely N-dealkylation sites (tertiary alicyclic amines) is 2. The Morgan fingerprint density at radius 1 is 1.17 bits per heavy atom. The first-order chi connectivity index (χ1) is 11.6. The van der Waals surface area contributed by atoms with Crippen LogP contribution in [0.1, 0.15) is 31.3 Å². The third kappa shape index (κ3) is 3.17. The van der Waals surface area contributed by atoms with Crippen molar-refractivity contribution in [2.45, 2.75) is 20.8 Å². The van der Waals surface area contributed by atoms with Crippen LogP contribution in [0.15, 0.2) is 24.3 Å². The van der Waals surface area contributed by atoms with Crippen LogP contribution in [0.2, 0.25) is 5.02 Å². The van der Waals surface area contributed by atoms with E-state index in [0.717, 1.165) is 43.6 Å². The zero-order chi connectivity index (χ0) is 17.3. The molecule has 1 aromatic carbocycles. The van der Waals surface area contributed by atoms with Gasteiger partial charge >= 0.3 is 0 Å². The summed E-state index contributed by atoms with van der Waals surface area (Å²) in [6.45, 7) is 11.4. The van der Waals surface area contributed by atoms with Crippen molar-refractivity contribution in [3.8, 4) is 0 Å². The molecule has 0 saturated carbocycles. The average Bonchev–Trinajstić information content (AvgIpc) is 3.27. The Kier molecular flexibility index (Phi) is 5.16. The fraction of sp³-hybridized carbons (Fsp3) is 0.526. The van der Waals surface area contributed by atoms with Crippen LogP contribution in [0.25, 0.3) is 10.9 Å². The average molecular weight is 348 g/mol. The fourth-order valence-electron chi connectivity index (χ4n) is 3.90. The Labute approximate surface area is 148 Å². The minimum Gasteiger partial charge on any atom is -0.351 e. The van der Waals surface area contributed by atoms with E-state index in [0.29, 0.717) is 22.6 Å². The van der Waals surface area contributed by atoms with Crippen LogP contribution in [0.4, 0.5) is 0 Å². The third-order valence-electron chi connectivity index (χ3n) is 5.11. The van der Waals surface area contributed by atoms with E-state index in [4.69, 9.17) is 11.6 Å². The SMILES string of the molecule is CC.CCN1CC2CN(C(=O)c3cc4cc(Cl)ccc4[nH]3)CC2C1. The van der Waals surface area contributed by atoms with E-state index in [1.54, 1.807) is 0 Å². The van der Waals surface area contributed by atoms with E-state index in [1.807, 2.05) is 43.0 Å². The fourth-order valence-corrected chi connectivity index (χ4v) is 4.08. The Balaban J connectivity index is 0.000000815. The molecule has 2 aliphatic heterocycles. The number of halogens is 1. The topological polar surface area (TPSA) is 39.3 Å². The highest BCUT2D eigenvalue weighted by molar-refractivity contribution is 6.31. The van der Waals surface area contributed by atoms with Gasteiger partial charge in [-0.3, -0.25) is 4.79 Å². The Morgan fingerprint density at radius 2 is 1.83 bits per heavy atom. The number of carbonyl (C=O) groups is 1. The van der Waals surface area contributed by atoms with Crippen LogP contribution in [-0.2, 0) is 0 Å². The zero-order valence-corrected chi connectivity index (χ0v) is 15.4. The molecule has 1 N–H and O–H groups in total. The molecule has 2 fully saturated rings. The number of amides is 1. The van der Waals surface area contributed by atoms with Crippen LogP contribution in [0.5, 0.6) is 0 Å². The van der Waals surface area contributed by atoms with Crippen LogP contribution >= 0.6 is 11.6 Å². The lowest BCUT2D eigenvalue weighted by molar-refractivity contribution is 0.0769. The van der Waals surface area contributed by atoms with Gasteiger partial charge in [-0.05, 0) is 42.6 Å². The molecule has 2 unspecified atom stereocenters. The van der Waals surface area contributed by atoms with Gasteiger partial charge in [0.05, 0.1) is 0 Å². The minimum atomic E-state index is 0.116. The summed E-state index contributed by atoms with van der Waals surface area (Å²) in [4.78, 5) is 20.5. The van der Waals surface area contributed by atoms with Crippen molar-refractivity contribution in [2.75, 3.05) is 32.7 Å². The number of benzene rings is 1. The number of nitrogens with zero attached hydrogens (tertiary/aromatic N) is 2. The van der Waals surface area contributed by atoms with E-state index in [-0.39, 0.29) is 5.91 Å². The van der Waals surface area contributed by atoms with Gasteiger partial charge in [0.2, 0.25) is 0 Å². The summed E-state index contributed by atoms with van der Waals surface area (Å²) in [6, 6.07) is 7.57. The first-order valence-corrected chi connectivity index (χ1v) is 9.31. The smallest absolute Gasteiger partial charge is 0.270 e. The quantitative estimate of drug-likeness (QED) is 0.895. The molecular formula is C19H26ClN3O. The molecule has 0 aliphatic carbocycles. The number of H-pyrrole nitrogens is 1. The van der Waals surface area contributed by atoms with Crippen LogP contribution in [0.3, 0.4) is 0 Å². The van der Waals surface area contributed by atoms with Gasteiger partial charge in [-0.2, -0.15) is 0 Å². The van der Waals surface area contributed by atoms with E-state index >= 15 is 0 Å². The van der Waals surface area contributed by atoms with E-state index in [2.05, 4.69) is 16.8 Å². The van der Waals surface area contributed by atoms with Gasteiger partial charge in [0.25, 0.3) is 5.91 Å². The molecule has 2 aliphatic rings. The monoisotopic (exact) mass is 347 g/mol. The lowest BCUT2D eigenvalue weighted by Gasteiger charge is -2.20. The number of hydrogen-bond donors (Lipinski definition) is 1. The summed E-state index contributed by atoms with van der Waals surface area (Å²) in [5.74, 6) is 1.40. The number of rotatable bonds is 2. The molecule has 0 spiro atoms. The van der Waals surface area contributed by atoms with Crippen molar-refractivity contribution in [3.63, 3.8) is 0 Å². The molecule has 0 radical (unpaired) electrons. The van der Waals surface area contributed by atoms with E-state index in [9.17, 15) is 4.79 Å². The molecule has 2 atom stereocenters. The van der Waals surface area contributed by atoms with Gasteiger partial charge in [0.15, 0.2) is 0 Å². The molecule has 2 aromatic rings. The third-order valence-corrected chi connectivity index (χ3v) is 5.34. The van der Waals surface area contributed by atoms with Crippen molar-refractivity contribution in [3.05, 3.63) is 35.0 Å². The Bertz CT molecular complexity index is 712. The molecule has 4 rings (SSSR count). The molecule has 1 aromatic heterocycles. The Hall–Kier alpha value is -1.52. The zero-order valence-electron chi connectivity index (χ0n) is 14.7. The van der Waals surface area contributed by atoms with Crippen LogP contribution < -0.4 is 0 Å². The molecule has 2 saturated heterocycles. The van der Waals surface area contributed by atoms with Crippen LogP contribution in [-0.4, -0.2) is 53.4 Å². The number of nitrogens with one attached hydrogen (secondary N) is 1. The van der Waals surface area contributed by atoms with Gasteiger partial charge in [-0.15, -0.1) is 0 Å². The highest BCUT2D eigenvalue weighted by Crippen LogP contribution is 2.32. The minimum absolute atomic E-state index is 0.116. The second kappa shape index (κ2) is 7.16. The largest absolute Gasteiger partial charge is 0.351 e. The van der Waals surface area contributed by atoms with Gasteiger partial charge in [0, 0.05) is 42.1 Å². The summed E-state index contributed by atoms with van der Waals surface area (Å²) in [7, 11) is 0. The second-order valence-electron chi connectivity index (χ2n) is 6.50. The van der Waals surface area contributed by atoms with Crippen molar-refractivity contribution in [2.24, 2.45) is 11.8 Å². The maximum Gasteiger partial charge on any atom is 0.270 e. The lowest BCUT2D eigenvalue weighted by Crippen LogP contribution is -2.33. The maximum absolute atomic E-state index is 12.7. The molecule has 24 heavy (non-hydrogen) atoms. The van der Waals surface area contributed by atoms with Crippen LogP contribution in [0, 0.1) is 11.8 Å². The molecule has 4 nitrogen and oxygen atoms in total. The van der Waals surface area contributed by atoms with E-state index in [1.165, 1.54) is 0 Å². The summed E-state index contributed by atoms with van der Waals surface area (Å²) < 4.78 is 0. The Morgan fingerprint density at radius 3 is 2.46 bits per heavy atom. The number of carbonyl (C=O) groups excluding carboxylic acids is 1. The normalized spacial score (nSPS) is 23.2. The lowest BCUT2D eigenvalue weighted by atomic mass is 10.0. The standard InChI is InChI=1S/C17H20ClN3O.C2H6/c1-2-20-7-12-9-21(10-13(12)8-20)17(22)16-6-11-5-14(18)3-4-15(11)19-16;1-2/h3-6,12-13,19H,2,7-10H2,1H3;1-2H3. The summed E-state index contributed by atoms with van der Waals surface area (Å²) in [5.41, 5.74) is 1.63. The first kappa shape index (κ1) is 17.3.